The fourth-order valence-corrected chi connectivity index (χ4v) is 3.08. The summed E-state index contributed by atoms with van der Waals surface area (Å²) in [5.41, 5.74) is -1.56. The molecule has 0 bridgehead atoms. The average molecular weight is 421 g/mol. The van der Waals surface area contributed by atoms with Crippen LogP contribution in [0.5, 0.6) is 0 Å². The first kappa shape index (κ1) is 18.6. The highest BCUT2D eigenvalue weighted by Gasteiger charge is 2.38. The highest BCUT2D eigenvalue weighted by atomic mass is 79.9. The van der Waals surface area contributed by atoms with E-state index in [0.717, 1.165) is 27.0 Å². The minimum Gasteiger partial charge on any atom is -0.478 e. The number of rotatable bonds is 4. The minimum atomic E-state index is -4.68. The maximum absolute atomic E-state index is 13.2. The smallest absolute Gasteiger partial charge is 0.435 e. The molecule has 0 aliphatic heterocycles. The second-order valence-corrected chi connectivity index (χ2v) is 6.86. The van der Waals surface area contributed by atoms with Crippen molar-refractivity contribution < 1.29 is 23.1 Å². The topological polar surface area (TPSA) is 55.1 Å². The van der Waals surface area contributed by atoms with Gasteiger partial charge in [-0.3, -0.25) is 4.68 Å². The maximum Gasteiger partial charge on any atom is 0.435 e. The predicted molar refractivity (Wildman–Crippen MR) is 87.8 cm³/mol. The van der Waals surface area contributed by atoms with Crippen LogP contribution in [0.1, 0.15) is 18.2 Å². The molecule has 9 heteroatoms. The van der Waals surface area contributed by atoms with Crippen LogP contribution in [0, 0.1) is 0 Å². The zero-order valence-electron chi connectivity index (χ0n) is 12.6. The molecule has 0 saturated heterocycles. The lowest BCUT2D eigenvalue weighted by Crippen LogP contribution is -2.08. The highest BCUT2D eigenvalue weighted by molar-refractivity contribution is 9.10. The van der Waals surface area contributed by atoms with E-state index in [4.69, 9.17) is 5.11 Å². The van der Waals surface area contributed by atoms with Gasteiger partial charge in [-0.25, -0.2) is 4.79 Å². The first-order chi connectivity index (χ1) is 11.1. The van der Waals surface area contributed by atoms with Crippen molar-refractivity contribution in [3.63, 3.8) is 0 Å². The molecule has 1 aromatic carbocycles. The molecule has 0 radical (unpaired) electrons. The Hall–Kier alpha value is -1.74. The van der Waals surface area contributed by atoms with Crippen LogP contribution in [0.25, 0.3) is 6.08 Å². The lowest BCUT2D eigenvalue weighted by Gasteiger charge is -2.06. The number of halogens is 4. The summed E-state index contributed by atoms with van der Waals surface area (Å²) in [6, 6.07) is 7.02. The molecule has 0 spiro atoms. The summed E-state index contributed by atoms with van der Waals surface area (Å²) in [6.45, 7) is 1.24. The molecule has 2 rings (SSSR count). The maximum atomic E-state index is 13.2. The lowest BCUT2D eigenvalue weighted by atomic mass is 10.1. The zero-order valence-corrected chi connectivity index (χ0v) is 15.0. The number of aryl methyl sites for hydroxylation is 1. The molecule has 1 heterocycles. The monoisotopic (exact) mass is 420 g/mol. The van der Waals surface area contributed by atoms with Crippen molar-refractivity contribution >= 4 is 39.7 Å². The molecule has 0 unspecified atom stereocenters. The molecular formula is C15H12BrF3N2O2S. The second-order valence-electron chi connectivity index (χ2n) is 4.88. The standard InChI is InChI=1S/C15H12BrF3N2O2S/c1-8(14(22)23)7-11-12(15(17,18)19)20-21(2)13(11)24-10-5-3-9(16)4-6-10/h3-7H,1-2H3,(H,22,23)/b8-7+. The van der Waals surface area contributed by atoms with E-state index in [9.17, 15) is 18.0 Å². The number of hydrogen-bond acceptors (Lipinski definition) is 3. The first-order valence-corrected chi connectivity index (χ1v) is 8.19. The number of benzene rings is 1. The van der Waals surface area contributed by atoms with Crippen LogP contribution in [-0.4, -0.2) is 20.9 Å². The van der Waals surface area contributed by atoms with Crippen molar-refractivity contribution in [1.82, 2.24) is 9.78 Å². The number of carboxylic acids is 1. The Bertz CT molecular complexity index is 798. The third kappa shape index (κ3) is 4.21. The summed E-state index contributed by atoms with van der Waals surface area (Å²) in [4.78, 5) is 11.7. The largest absolute Gasteiger partial charge is 0.478 e. The third-order valence-electron chi connectivity index (χ3n) is 3.02. The van der Waals surface area contributed by atoms with Gasteiger partial charge in [-0.15, -0.1) is 0 Å². The Balaban J connectivity index is 2.57. The molecule has 0 fully saturated rings. The highest BCUT2D eigenvalue weighted by Crippen LogP contribution is 2.39. The van der Waals surface area contributed by atoms with E-state index in [2.05, 4.69) is 21.0 Å². The van der Waals surface area contributed by atoms with Crippen molar-refractivity contribution in [3.05, 3.63) is 45.6 Å². The lowest BCUT2D eigenvalue weighted by molar-refractivity contribution is -0.141. The molecule has 0 amide bonds. The molecule has 128 valence electrons. The summed E-state index contributed by atoms with van der Waals surface area (Å²) in [6.07, 6.45) is -3.68. The number of carboxylic acid groups (broad SMARTS) is 1. The van der Waals surface area contributed by atoms with E-state index in [1.165, 1.54) is 14.0 Å². The Labute approximate surface area is 148 Å². The molecule has 0 aliphatic carbocycles. The van der Waals surface area contributed by atoms with Gasteiger partial charge in [0, 0.05) is 27.6 Å². The van der Waals surface area contributed by atoms with Gasteiger partial charge in [0.15, 0.2) is 5.69 Å². The minimum absolute atomic E-state index is 0.203. The fourth-order valence-electron chi connectivity index (χ4n) is 1.88. The molecule has 1 aromatic heterocycles. The van der Waals surface area contributed by atoms with Gasteiger partial charge >= 0.3 is 12.1 Å². The molecular weight excluding hydrogens is 409 g/mol. The van der Waals surface area contributed by atoms with Gasteiger partial charge in [0.05, 0.1) is 0 Å². The van der Waals surface area contributed by atoms with Crippen molar-refractivity contribution in [2.75, 3.05) is 0 Å². The molecule has 1 N–H and O–H groups in total. The molecule has 4 nitrogen and oxygen atoms in total. The van der Waals surface area contributed by atoms with Crippen LogP contribution < -0.4 is 0 Å². The second kappa shape index (κ2) is 7.02. The van der Waals surface area contributed by atoms with Crippen molar-refractivity contribution in [3.8, 4) is 0 Å². The number of nitrogens with zero attached hydrogens (tertiary/aromatic N) is 2. The Morgan fingerprint density at radius 2 is 1.92 bits per heavy atom. The quantitative estimate of drug-likeness (QED) is 0.718. The molecule has 2 aromatic rings. The van der Waals surface area contributed by atoms with Crippen LogP contribution in [-0.2, 0) is 18.0 Å². The van der Waals surface area contributed by atoms with Crippen LogP contribution in [0.4, 0.5) is 13.2 Å². The number of aliphatic carboxylic acids is 1. The number of aromatic nitrogens is 2. The average Bonchev–Trinajstić information content (AvgIpc) is 2.78. The fraction of sp³-hybridized carbons (Fsp3) is 0.200. The summed E-state index contributed by atoms with van der Waals surface area (Å²) in [5, 5.41) is 12.7. The van der Waals surface area contributed by atoms with Gasteiger partial charge < -0.3 is 5.11 Å². The summed E-state index contributed by atoms with van der Waals surface area (Å²) in [7, 11) is 1.39. The Morgan fingerprint density at radius 3 is 2.42 bits per heavy atom. The van der Waals surface area contributed by atoms with Crippen molar-refractivity contribution in [2.24, 2.45) is 7.05 Å². The van der Waals surface area contributed by atoms with E-state index in [-0.39, 0.29) is 16.2 Å². The van der Waals surface area contributed by atoms with Gasteiger partial charge in [-0.2, -0.15) is 18.3 Å². The van der Waals surface area contributed by atoms with Gasteiger partial charge in [0.1, 0.15) is 5.03 Å². The first-order valence-electron chi connectivity index (χ1n) is 6.59. The zero-order chi connectivity index (χ0) is 18.1. The van der Waals surface area contributed by atoms with Crippen molar-refractivity contribution in [1.29, 1.82) is 0 Å². The molecule has 24 heavy (non-hydrogen) atoms. The number of hydrogen-bond donors (Lipinski definition) is 1. The summed E-state index contributed by atoms with van der Waals surface area (Å²) < 4.78 is 41.6. The van der Waals surface area contributed by atoms with Crippen LogP contribution >= 0.6 is 27.7 Å². The van der Waals surface area contributed by atoms with Gasteiger partial charge in [-0.05, 0) is 37.3 Å². The Kier molecular flexibility index (Phi) is 5.44. The predicted octanol–water partition coefficient (Wildman–Crippen LogP) is 4.84. The van der Waals surface area contributed by atoms with E-state index < -0.39 is 17.8 Å². The van der Waals surface area contributed by atoms with Crippen LogP contribution in [0.3, 0.4) is 0 Å². The summed E-state index contributed by atoms with van der Waals surface area (Å²) >= 11 is 4.37. The SMILES string of the molecule is C/C(=C\c1c(C(F)(F)F)nn(C)c1Sc1ccc(Br)cc1)C(=O)O. The van der Waals surface area contributed by atoms with E-state index in [0.29, 0.717) is 4.90 Å². The van der Waals surface area contributed by atoms with Crippen molar-refractivity contribution in [2.45, 2.75) is 23.0 Å². The normalized spacial score (nSPS) is 12.5. The van der Waals surface area contributed by atoms with Crippen LogP contribution in [0.2, 0.25) is 0 Å². The van der Waals surface area contributed by atoms with E-state index >= 15 is 0 Å². The van der Waals surface area contributed by atoms with E-state index in [1.807, 2.05) is 0 Å². The molecule has 0 aliphatic rings. The van der Waals surface area contributed by atoms with Gasteiger partial charge in [0.25, 0.3) is 0 Å². The van der Waals surface area contributed by atoms with Gasteiger partial charge in [0.2, 0.25) is 0 Å². The van der Waals surface area contributed by atoms with Gasteiger partial charge in [-0.1, -0.05) is 27.7 Å². The van der Waals surface area contributed by atoms with Crippen LogP contribution in [0.15, 0.2) is 44.2 Å². The number of alkyl halides is 3. The van der Waals surface area contributed by atoms with E-state index in [1.54, 1.807) is 24.3 Å². The third-order valence-corrected chi connectivity index (χ3v) is 4.74. The summed E-state index contributed by atoms with van der Waals surface area (Å²) in [5.74, 6) is -1.29. The Morgan fingerprint density at radius 1 is 1.33 bits per heavy atom. The molecule has 0 saturated carbocycles. The molecule has 0 atom stereocenters. The number of carbonyl (C=O) groups is 1.